The van der Waals surface area contributed by atoms with Crippen LogP contribution in [0.25, 0.3) is 0 Å². The summed E-state index contributed by atoms with van der Waals surface area (Å²) < 4.78 is 0. The lowest BCUT2D eigenvalue weighted by atomic mass is 10.4. The topological polar surface area (TPSA) is 142 Å². The van der Waals surface area contributed by atoms with E-state index in [0.29, 0.717) is 16.7 Å². The first-order valence-electron chi connectivity index (χ1n) is 6.13. The van der Waals surface area contributed by atoms with Crippen LogP contribution < -0.4 is 16.6 Å². The SMILES string of the molecule is Cc1cc(=O)[nH]c(S[C@@H](C)C(=O)NCc2nc(N)n[nH]2)n1. The van der Waals surface area contributed by atoms with Gasteiger partial charge in [-0.25, -0.2) is 4.98 Å². The van der Waals surface area contributed by atoms with Crippen LogP contribution >= 0.6 is 11.8 Å². The van der Waals surface area contributed by atoms with Crippen molar-refractivity contribution in [2.24, 2.45) is 0 Å². The molecule has 5 N–H and O–H groups in total. The van der Waals surface area contributed by atoms with E-state index in [1.807, 2.05) is 0 Å². The molecular weight excluding hydrogens is 294 g/mol. The third-order valence-corrected chi connectivity index (χ3v) is 3.47. The second-order valence-corrected chi connectivity index (χ2v) is 5.64. The highest BCUT2D eigenvalue weighted by molar-refractivity contribution is 8.00. The Balaban J connectivity index is 1.91. The minimum Gasteiger partial charge on any atom is -0.367 e. The number of hydrogen-bond donors (Lipinski definition) is 4. The van der Waals surface area contributed by atoms with Gasteiger partial charge in [0.05, 0.1) is 11.8 Å². The Hall–Kier alpha value is -2.36. The minimum absolute atomic E-state index is 0.128. The molecule has 0 saturated heterocycles. The lowest BCUT2D eigenvalue weighted by Gasteiger charge is -2.10. The van der Waals surface area contributed by atoms with Gasteiger partial charge in [0, 0.05) is 11.8 Å². The van der Waals surface area contributed by atoms with E-state index in [-0.39, 0.29) is 24.0 Å². The molecule has 0 aliphatic rings. The second kappa shape index (κ2) is 6.39. The van der Waals surface area contributed by atoms with Gasteiger partial charge in [0.15, 0.2) is 5.16 Å². The molecule has 2 aromatic rings. The summed E-state index contributed by atoms with van der Waals surface area (Å²) in [6.45, 7) is 3.64. The first kappa shape index (κ1) is 15.0. The van der Waals surface area contributed by atoms with Crippen molar-refractivity contribution in [3.8, 4) is 0 Å². The Labute approximate surface area is 124 Å². The van der Waals surface area contributed by atoms with Gasteiger partial charge in [0.2, 0.25) is 11.9 Å². The molecule has 0 saturated carbocycles. The number of nitrogens with two attached hydrogens (primary N) is 1. The first-order valence-corrected chi connectivity index (χ1v) is 7.01. The van der Waals surface area contributed by atoms with E-state index in [9.17, 15) is 9.59 Å². The van der Waals surface area contributed by atoms with Gasteiger partial charge in [-0.1, -0.05) is 11.8 Å². The molecule has 0 aliphatic heterocycles. The fraction of sp³-hybridized carbons (Fsp3) is 0.364. The fourth-order valence-corrected chi connectivity index (χ4v) is 2.41. The molecule has 1 amide bonds. The van der Waals surface area contributed by atoms with E-state index in [1.54, 1.807) is 13.8 Å². The van der Waals surface area contributed by atoms with Gasteiger partial charge in [-0.15, -0.1) is 5.10 Å². The second-order valence-electron chi connectivity index (χ2n) is 4.31. The van der Waals surface area contributed by atoms with E-state index in [4.69, 9.17) is 5.73 Å². The highest BCUT2D eigenvalue weighted by Crippen LogP contribution is 2.18. The van der Waals surface area contributed by atoms with Gasteiger partial charge in [-0.2, -0.15) is 4.98 Å². The van der Waals surface area contributed by atoms with Gasteiger partial charge in [-0.3, -0.25) is 14.7 Å². The molecule has 0 spiro atoms. The summed E-state index contributed by atoms with van der Waals surface area (Å²) in [4.78, 5) is 33.9. The number of H-pyrrole nitrogens is 2. The maximum absolute atomic E-state index is 12.0. The highest BCUT2D eigenvalue weighted by Gasteiger charge is 2.16. The average molecular weight is 309 g/mol. The maximum atomic E-state index is 12.0. The molecule has 0 fully saturated rings. The summed E-state index contributed by atoms with van der Waals surface area (Å²) >= 11 is 1.17. The van der Waals surface area contributed by atoms with E-state index in [1.165, 1.54) is 17.8 Å². The number of nitrogens with one attached hydrogen (secondary N) is 3. The Morgan fingerprint density at radius 2 is 2.29 bits per heavy atom. The predicted molar refractivity (Wildman–Crippen MR) is 77.6 cm³/mol. The zero-order valence-corrected chi connectivity index (χ0v) is 12.3. The molecule has 2 rings (SSSR count). The summed E-state index contributed by atoms with van der Waals surface area (Å²) in [5.74, 6) is 0.391. The zero-order chi connectivity index (χ0) is 15.4. The third-order valence-electron chi connectivity index (χ3n) is 2.48. The normalized spacial score (nSPS) is 12.1. The number of nitrogens with zero attached hydrogens (tertiary/aromatic N) is 3. The standard InChI is InChI=1S/C11H15N7O2S/c1-5-3-8(19)16-11(14-5)21-6(2)9(20)13-4-7-15-10(12)18-17-7/h3,6H,4H2,1-2H3,(H,13,20)(H,14,16,19)(H3,12,15,17,18)/t6-/m0/s1. The minimum atomic E-state index is -0.421. The smallest absolute Gasteiger partial charge is 0.251 e. The molecule has 21 heavy (non-hydrogen) atoms. The average Bonchev–Trinajstić information content (AvgIpc) is 2.80. The maximum Gasteiger partial charge on any atom is 0.251 e. The molecule has 112 valence electrons. The van der Waals surface area contributed by atoms with Crippen LogP contribution in [-0.4, -0.2) is 36.3 Å². The van der Waals surface area contributed by atoms with Crippen molar-refractivity contribution < 1.29 is 4.79 Å². The Morgan fingerprint density at radius 3 is 2.90 bits per heavy atom. The van der Waals surface area contributed by atoms with Gasteiger partial charge < -0.3 is 16.0 Å². The number of anilines is 1. The number of aromatic amines is 2. The van der Waals surface area contributed by atoms with E-state index < -0.39 is 5.25 Å². The Bertz CT molecular complexity index is 696. The van der Waals surface area contributed by atoms with Crippen LogP contribution in [0.5, 0.6) is 0 Å². The summed E-state index contributed by atoms with van der Waals surface area (Å²) in [5, 5.41) is 8.94. The number of hydrogen-bond acceptors (Lipinski definition) is 7. The number of rotatable bonds is 5. The van der Waals surface area contributed by atoms with E-state index >= 15 is 0 Å². The largest absolute Gasteiger partial charge is 0.367 e. The molecule has 1 atom stereocenters. The fourth-order valence-electron chi connectivity index (χ4n) is 1.53. The number of thioether (sulfide) groups is 1. The first-order chi connectivity index (χ1) is 9.94. The summed E-state index contributed by atoms with van der Waals surface area (Å²) in [6, 6.07) is 1.39. The molecule has 2 heterocycles. The van der Waals surface area contributed by atoms with Gasteiger partial charge >= 0.3 is 0 Å². The molecule has 0 aromatic carbocycles. The zero-order valence-electron chi connectivity index (χ0n) is 11.5. The van der Waals surface area contributed by atoms with Crippen molar-refractivity contribution in [1.82, 2.24) is 30.5 Å². The summed E-state index contributed by atoms with van der Waals surface area (Å²) in [7, 11) is 0. The van der Waals surface area contributed by atoms with Gasteiger partial charge in [-0.05, 0) is 13.8 Å². The van der Waals surface area contributed by atoms with Crippen molar-refractivity contribution in [3.05, 3.63) is 27.9 Å². The highest BCUT2D eigenvalue weighted by atomic mass is 32.2. The van der Waals surface area contributed by atoms with E-state index in [2.05, 4.69) is 30.5 Å². The molecule has 2 aromatic heterocycles. The van der Waals surface area contributed by atoms with Crippen LogP contribution in [0.1, 0.15) is 18.4 Å². The molecule has 0 aliphatic carbocycles. The van der Waals surface area contributed by atoms with Crippen molar-refractivity contribution in [2.75, 3.05) is 5.73 Å². The predicted octanol–water partition coefficient (Wildman–Crippen LogP) is -0.424. The number of nitrogen functional groups attached to an aromatic ring is 1. The Kier molecular flexibility index (Phi) is 4.58. The third kappa shape index (κ3) is 4.31. The van der Waals surface area contributed by atoms with Crippen LogP contribution in [0.3, 0.4) is 0 Å². The van der Waals surface area contributed by atoms with Crippen LogP contribution in [0.2, 0.25) is 0 Å². The summed E-state index contributed by atoms with van der Waals surface area (Å²) in [6.07, 6.45) is 0. The number of carbonyl (C=O) groups is 1. The monoisotopic (exact) mass is 309 g/mol. The molecule has 10 heteroatoms. The lowest BCUT2D eigenvalue weighted by molar-refractivity contribution is -0.120. The molecule has 0 unspecified atom stereocenters. The number of amides is 1. The molecule has 9 nitrogen and oxygen atoms in total. The van der Waals surface area contributed by atoms with Crippen LogP contribution in [0, 0.1) is 6.92 Å². The van der Waals surface area contributed by atoms with Crippen molar-refractivity contribution in [2.45, 2.75) is 30.8 Å². The van der Waals surface area contributed by atoms with Gasteiger partial charge in [0.1, 0.15) is 5.82 Å². The number of aryl methyl sites for hydroxylation is 1. The molecule has 0 bridgehead atoms. The van der Waals surface area contributed by atoms with Crippen LogP contribution in [0.15, 0.2) is 16.0 Å². The number of aromatic nitrogens is 5. The van der Waals surface area contributed by atoms with Crippen molar-refractivity contribution in [3.63, 3.8) is 0 Å². The van der Waals surface area contributed by atoms with Crippen molar-refractivity contribution in [1.29, 1.82) is 0 Å². The summed E-state index contributed by atoms with van der Waals surface area (Å²) in [5.41, 5.74) is 5.72. The molecule has 0 radical (unpaired) electrons. The van der Waals surface area contributed by atoms with Crippen LogP contribution in [-0.2, 0) is 11.3 Å². The number of carbonyl (C=O) groups excluding carboxylic acids is 1. The molecular formula is C11H15N7O2S. The lowest BCUT2D eigenvalue weighted by Crippen LogP contribution is -2.31. The Morgan fingerprint density at radius 1 is 1.52 bits per heavy atom. The van der Waals surface area contributed by atoms with E-state index in [0.717, 1.165) is 0 Å². The van der Waals surface area contributed by atoms with Gasteiger partial charge in [0.25, 0.3) is 5.56 Å². The quantitative estimate of drug-likeness (QED) is 0.433. The van der Waals surface area contributed by atoms with Crippen molar-refractivity contribution >= 4 is 23.6 Å². The van der Waals surface area contributed by atoms with Crippen LogP contribution in [0.4, 0.5) is 5.95 Å².